The van der Waals surface area contributed by atoms with Crippen LogP contribution in [0.2, 0.25) is 0 Å². The van der Waals surface area contributed by atoms with Crippen LogP contribution in [0.15, 0.2) is 10.3 Å². The first-order valence-corrected chi connectivity index (χ1v) is 6.97. The predicted octanol–water partition coefficient (Wildman–Crippen LogP) is 0.765. The number of nitrogens with one attached hydrogen (secondary N) is 1. The SMILES string of the molecule is CCNc1nc(OC(C)C)nc(Sc2nnnn2C)n1. The summed E-state index contributed by atoms with van der Waals surface area (Å²) in [5.74, 6) is 0.468. The first kappa shape index (κ1) is 14.4. The van der Waals surface area contributed by atoms with Gasteiger partial charge in [0, 0.05) is 13.6 Å². The predicted molar refractivity (Wildman–Crippen MR) is 72.7 cm³/mol. The van der Waals surface area contributed by atoms with Crippen molar-refractivity contribution in [1.29, 1.82) is 0 Å². The number of hydrogen-bond donors (Lipinski definition) is 1. The number of tetrazole rings is 1. The van der Waals surface area contributed by atoms with E-state index in [1.165, 1.54) is 11.8 Å². The van der Waals surface area contributed by atoms with Crippen molar-refractivity contribution < 1.29 is 4.74 Å². The summed E-state index contributed by atoms with van der Waals surface area (Å²) in [4.78, 5) is 12.7. The summed E-state index contributed by atoms with van der Waals surface area (Å²) in [6, 6.07) is 0.281. The van der Waals surface area contributed by atoms with E-state index in [1.807, 2.05) is 20.8 Å². The van der Waals surface area contributed by atoms with Crippen LogP contribution >= 0.6 is 11.8 Å². The molecule has 0 aliphatic carbocycles. The molecule has 2 aromatic heterocycles. The van der Waals surface area contributed by atoms with E-state index in [9.17, 15) is 0 Å². The van der Waals surface area contributed by atoms with Gasteiger partial charge in [-0.1, -0.05) is 0 Å². The number of ether oxygens (including phenoxy) is 1. The molecule has 0 saturated heterocycles. The Morgan fingerprint density at radius 2 is 2.10 bits per heavy atom. The van der Waals surface area contributed by atoms with Crippen LogP contribution in [0.4, 0.5) is 5.95 Å². The molecule has 1 N–H and O–H groups in total. The van der Waals surface area contributed by atoms with E-state index < -0.39 is 0 Å². The molecule has 0 fully saturated rings. The van der Waals surface area contributed by atoms with E-state index in [0.29, 0.717) is 22.8 Å². The molecule has 2 heterocycles. The molecule has 0 amide bonds. The van der Waals surface area contributed by atoms with Crippen LogP contribution in [0.3, 0.4) is 0 Å². The first-order valence-electron chi connectivity index (χ1n) is 6.15. The van der Waals surface area contributed by atoms with Crippen LogP contribution < -0.4 is 10.1 Å². The molecule has 108 valence electrons. The van der Waals surface area contributed by atoms with E-state index >= 15 is 0 Å². The number of anilines is 1. The molecule has 2 rings (SSSR count). The number of aryl methyl sites for hydroxylation is 1. The number of aromatic nitrogens is 7. The highest BCUT2D eigenvalue weighted by molar-refractivity contribution is 7.99. The molecule has 0 unspecified atom stereocenters. The summed E-state index contributed by atoms with van der Waals surface area (Å²) in [6.45, 7) is 6.50. The van der Waals surface area contributed by atoms with Gasteiger partial charge in [0.2, 0.25) is 16.3 Å². The molecule has 0 atom stereocenters. The Hall–Kier alpha value is -1.97. The number of hydrogen-bond acceptors (Lipinski definition) is 9. The van der Waals surface area contributed by atoms with Gasteiger partial charge in [-0.3, -0.25) is 0 Å². The minimum absolute atomic E-state index is 0.0128. The Balaban J connectivity index is 2.26. The molecule has 9 nitrogen and oxygen atoms in total. The molecular formula is C10H16N8OS. The molecular weight excluding hydrogens is 280 g/mol. The van der Waals surface area contributed by atoms with Crippen LogP contribution in [-0.2, 0) is 7.05 Å². The maximum Gasteiger partial charge on any atom is 0.322 e. The number of nitrogens with zero attached hydrogens (tertiary/aromatic N) is 7. The largest absolute Gasteiger partial charge is 0.461 e. The summed E-state index contributed by atoms with van der Waals surface area (Å²) in [6.07, 6.45) is -0.0128. The second-order valence-corrected chi connectivity index (χ2v) is 5.04. The Kier molecular flexibility index (Phi) is 4.66. The van der Waals surface area contributed by atoms with Crippen LogP contribution in [0, 0.1) is 0 Å². The van der Waals surface area contributed by atoms with Gasteiger partial charge in [0.25, 0.3) is 0 Å². The maximum atomic E-state index is 5.52. The molecule has 0 radical (unpaired) electrons. The average molecular weight is 296 g/mol. The first-order chi connectivity index (χ1) is 9.58. The lowest BCUT2D eigenvalue weighted by atomic mass is 10.5. The highest BCUT2D eigenvalue weighted by Gasteiger charge is 2.13. The van der Waals surface area contributed by atoms with Gasteiger partial charge in [0.05, 0.1) is 6.10 Å². The van der Waals surface area contributed by atoms with Gasteiger partial charge in [0.15, 0.2) is 0 Å². The number of rotatable bonds is 6. The fraction of sp³-hybridized carbons (Fsp3) is 0.600. The van der Waals surface area contributed by atoms with Crippen LogP contribution in [-0.4, -0.2) is 47.8 Å². The summed E-state index contributed by atoms with van der Waals surface area (Å²) in [5.41, 5.74) is 0. The molecule has 2 aromatic rings. The fourth-order valence-corrected chi connectivity index (χ4v) is 1.94. The van der Waals surface area contributed by atoms with Crippen LogP contribution in [0.5, 0.6) is 6.01 Å². The summed E-state index contributed by atoms with van der Waals surface area (Å²) in [5, 5.41) is 15.3. The van der Waals surface area contributed by atoms with E-state index in [1.54, 1.807) is 11.7 Å². The van der Waals surface area contributed by atoms with Crippen molar-refractivity contribution in [2.45, 2.75) is 37.2 Å². The van der Waals surface area contributed by atoms with Gasteiger partial charge in [-0.05, 0) is 43.0 Å². The van der Waals surface area contributed by atoms with Gasteiger partial charge < -0.3 is 10.1 Å². The van der Waals surface area contributed by atoms with Crippen molar-refractivity contribution in [3.8, 4) is 6.01 Å². The normalized spacial score (nSPS) is 10.8. The molecule has 20 heavy (non-hydrogen) atoms. The van der Waals surface area contributed by atoms with Gasteiger partial charge in [-0.25, -0.2) is 4.68 Å². The topological polar surface area (TPSA) is 104 Å². The highest BCUT2D eigenvalue weighted by Crippen LogP contribution is 2.23. The smallest absolute Gasteiger partial charge is 0.322 e. The molecule has 10 heteroatoms. The van der Waals surface area contributed by atoms with Crippen molar-refractivity contribution in [3.05, 3.63) is 0 Å². The quantitative estimate of drug-likeness (QED) is 0.827. The average Bonchev–Trinajstić information content (AvgIpc) is 2.74. The third kappa shape index (κ3) is 3.76. The second-order valence-electron chi connectivity index (χ2n) is 4.11. The molecule has 0 aliphatic heterocycles. The zero-order valence-corrected chi connectivity index (χ0v) is 12.5. The Labute approximate surface area is 120 Å². The lowest BCUT2D eigenvalue weighted by Crippen LogP contribution is -2.12. The lowest BCUT2D eigenvalue weighted by Gasteiger charge is -2.10. The standard InChI is InChI=1S/C10H16N8OS/c1-5-11-7-12-8(19-6(2)3)14-9(13-7)20-10-15-16-17-18(10)4/h6H,5H2,1-4H3,(H,11,12,13,14). The van der Waals surface area contributed by atoms with Crippen molar-refractivity contribution in [1.82, 2.24) is 35.2 Å². The molecule has 0 saturated carbocycles. The Bertz CT molecular complexity index is 572. The van der Waals surface area contributed by atoms with E-state index in [4.69, 9.17) is 4.74 Å². The van der Waals surface area contributed by atoms with Crippen molar-refractivity contribution in [2.24, 2.45) is 7.05 Å². The third-order valence-corrected chi connectivity index (χ3v) is 2.93. The van der Waals surface area contributed by atoms with Crippen molar-refractivity contribution in [3.63, 3.8) is 0 Å². The third-order valence-electron chi connectivity index (χ3n) is 2.03. The lowest BCUT2D eigenvalue weighted by molar-refractivity contribution is 0.219. The second kappa shape index (κ2) is 6.46. The van der Waals surface area contributed by atoms with Crippen molar-refractivity contribution in [2.75, 3.05) is 11.9 Å². The highest BCUT2D eigenvalue weighted by atomic mass is 32.2. The molecule has 0 aliphatic rings. The summed E-state index contributed by atoms with van der Waals surface area (Å²) in [7, 11) is 1.75. The summed E-state index contributed by atoms with van der Waals surface area (Å²) < 4.78 is 7.06. The molecule has 0 spiro atoms. The maximum absolute atomic E-state index is 5.52. The van der Waals surface area contributed by atoms with Gasteiger partial charge in [0.1, 0.15) is 0 Å². The Morgan fingerprint density at radius 1 is 1.30 bits per heavy atom. The zero-order valence-electron chi connectivity index (χ0n) is 11.7. The fourth-order valence-electron chi connectivity index (χ4n) is 1.27. The van der Waals surface area contributed by atoms with Gasteiger partial charge in [-0.2, -0.15) is 15.0 Å². The van der Waals surface area contributed by atoms with E-state index in [0.717, 1.165) is 0 Å². The monoisotopic (exact) mass is 296 g/mol. The zero-order chi connectivity index (χ0) is 14.5. The Morgan fingerprint density at radius 3 is 2.70 bits per heavy atom. The van der Waals surface area contributed by atoms with E-state index in [2.05, 4.69) is 35.8 Å². The van der Waals surface area contributed by atoms with Crippen LogP contribution in [0.1, 0.15) is 20.8 Å². The van der Waals surface area contributed by atoms with Crippen molar-refractivity contribution >= 4 is 17.7 Å². The van der Waals surface area contributed by atoms with Gasteiger partial charge in [-0.15, -0.1) is 5.10 Å². The van der Waals surface area contributed by atoms with Crippen LogP contribution in [0.25, 0.3) is 0 Å². The van der Waals surface area contributed by atoms with Gasteiger partial charge >= 0.3 is 6.01 Å². The van der Waals surface area contributed by atoms with E-state index in [-0.39, 0.29) is 12.1 Å². The minimum Gasteiger partial charge on any atom is -0.461 e. The summed E-state index contributed by atoms with van der Waals surface area (Å²) >= 11 is 1.25. The molecule has 0 bridgehead atoms. The molecule has 0 aromatic carbocycles. The minimum atomic E-state index is -0.0128.